The van der Waals surface area contributed by atoms with Gasteiger partial charge in [0.15, 0.2) is 0 Å². The number of nitrogens with one attached hydrogen (secondary N) is 1. The Kier molecular flexibility index (Phi) is 3.57. The Bertz CT molecular complexity index is 501. The van der Waals surface area contributed by atoms with Crippen LogP contribution in [-0.4, -0.2) is 19.0 Å². The maximum atomic E-state index is 11.8. The zero-order chi connectivity index (χ0) is 13.3. The van der Waals surface area contributed by atoms with E-state index in [1.165, 1.54) is 13.2 Å². The van der Waals surface area contributed by atoms with Gasteiger partial charge in [0.25, 0.3) is 0 Å². The number of esters is 1. The first-order valence-electron chi connectivity index (χ1n) is 5.71. The SMILES string of the molecule is COC(=O)c1cc(NC(=O)C2CC2C)ccc1Cl. The second kappa shape index (κ2) is 4.98. The summed E-state index contributed by atoms with van der Waals surface area (Å²) >= 11 is 5.89. The van der Waals surface area contributed by atoms with Gasteiger partial charge < -0.3 is 10.1 Å². The molecule has 1 aromatic carbocycles. The Balaban J connectivity index is 2.14. The first-order valence-corrected chi connectivity index (χ1v) is 6.09. The van der Waals surface area contributed by atoms with Crippen molar-refractivity contribution in [2.75, 3.05) is 12.4 Å². The van der Waals surface area contributed by atoms with Crippen LogP contribution in [0.5, 0.6) is 0 Å². The van der Waals surface area contributed by atoms with E-state index < -0.39 is 5.97 Å². The molecule has 1 aliphatic carbocycles. The van der Waals surface area contributed by atoms with Crippen molar-refractivity contribution < 1.29 is 14.3 Å². The van der Waals surface area contributed by atoms with Crippen molar-refractivity contribution >= 4 is 29.2 Å². The van der Waals surface area contributed by atoms with Crippen LogP contribution in [0.15, 0.2) is 18.2 Å². The van der Waals surface area contributed by atoms with Crippen molar-refractivity contribution in [3.63, 3.8) is 0 Å². The molecule has 2 atom stereocenters. The molecule has 0 bridgehead atoms. The second-order valence-corrected chi connectivity index (χ2v) is 4.90. The fraction of sp³-hybridized carbons (Fsp3) is 0.385. The highest BCUT2D eigenvalue weighted by atomic mass is 35.5. The van der Waals surface area contributed by atoms with Crippen LogP contribution in [0.3, 0.4) is 0 Å². The van der Waals surface area contributed by atoms with Crippen LogP contribution in [0.4, 0.5) is 5.69 Å². The quantitative estimate of drug-likeness (QED) is 0.857. The van der Waals surface area contributed by atoms with Crippen LogP contribution in [0, 0.1) is 11.8 Å². The van der Waals surface area contributed by atoms with Gasteiger partial charge in [-0.15, -0.1) is 0 Å². The average Bonchev–Trinajstić information content (AvgIpc) is 3.08. The molecule has 5 heteroatoms. The van der Waals surface area contributed by atoms with Gasteiger partial charge in [-0.2, -0.15) is 0 Å². The van der Waals surface area contributed by atoms with E-state index in [1.54, 1.807) is 12.1 Å². The normalized spacial score (nSPS) is 21.3. The molecule has 0 saturated heterocycles. The van der Waals surface area contributed by atoms with Gasteiger partial charge in [-0.05, 0) is 30.5 Å². The molecule has 4 nitrogen and oxygen atoms in total. The largest absolute Gasteiger partial charge is 0.465 e. The summed E-state index contributed by atoms with van der Waals surface area (Å²) in [6, 6.07) is 4.76. The number of carbonyl (C=O) groups excluding carboxylic acids is 2. The van der Waals surface area contributed by atoms with Crippen molar-refractivity contribution in [2.24, 2.45) is 11.8 Å². The van der Waals surface area contributed by atoms with Gasteiger partial charge in [-0.25, -0.2) is 4.79 Å². The number of hydrogen-bond acceptors (Lipinski definition) is 3. The molecule has 1 aromatic rings. The number of carbonyl (C=O) groups is 2. The molecule has 1 saturated carbocycles. The molecule has 0 aliphatic heterocycles. The molecule has 1 fully saturated rings. The standard InChI is InChI=1S/C13H14ClNO3/c1-7-5-9(7)12(16)15-8-3-4-11(14)10(6-8)13(17)18-2/h3-4,6-7,9H,5H2,1-2H3,(H,15,16). The molecular weight excluding hydrogens is 254 g/mol. The summed E-state index contributed by atoms with van der Waals surface area (Å²) in [4.78, 5) is 23.2. The third-order valence-electron chi connectivity index (χ3n) is 3.09. The summed E-state index contributed by atoms with van der Waals surface area (Å²) in [6.45, 7) is 2.03. The fourth-order valence-corrected chi connectivity index (χ4v) is 1.99. The van der Waals surface area contributed by atoms with E-state index in [-0.39, 0.29) is 17.4 Å². The Morgan fingerprint density at radius 3 is 2.67 bits per heavy atom. The topological polar surface area (TPSA) is 55.4 Å². The van der Waals surface area contributed by atoms with Crippen LogP contribution < -0.4 is 5.32 Å². The van der Waals surface area contributed by atoms with Gasteiger partial charge in [0.2, 0.25) is 5.91 Å². The Morgan fingerprint density at radius 2 is 2.11 bits per heavy atom. The number of hydrogen-bond donors (Lipinski definition) is 1. The monoisotopic (exact) mass is 267 g/mol. The zero-order valence-electron chi connectivity index (χ0n) is 10.2. The number of halogens is 1. The molecule has 0 heterocycles. The lowest BCUT2D eigenvalue weighted by Crippen LogP contribution is -2.15. The van der Waals surface area contributed by atoms with E-state index in [4.69, 9.17) is 11.6 Å². The predicted octanol–water partition coefficient (Wildman–Crippen LogP) is 2.72. The third kappa shape index (κ3) is 2.64. The van der Waals surface area contributed by atoms with E-state index in [0.29, 0.717) is 16.6 Å². The molecule has 1 aliphatic rings. The highest BCUT2D eigenvalue weighted by Gasteiger charge is 2.39. The van der Waals surface area contributed by atoms with Crippen LogP contribution in [0.25, 0.3) is 0 Å². The van der Waals surface area contributed by atoms with E-state index in [9.17, 15) is 9.59 Å². The van der Waals surface area contributed by atoms with Crippen LogP contribution in [0.2, 0.25) is 5.02 Å². The molecule has 2 rings (SSSR count). The highest BCUT2D eigenvalue weighted by molar-refractivity contribution is 6.33. The number of rotatable bonds is 3. The van der Waals surface area contributed by atoms with Gasteiger partial charge >= 0.3 is 5.97 Å². The maximum absolute atomic E-state index is 11.8. The summed E-state index contributed by atoms with van der Waals surface area (Å²) in [5, 5.41) is 3.08. The summed E-state index contributed by atoms with van der Waals surface area (Å²) in [7, 11) is 1.29. The van der Waals surface area contributed by atoms with E-state index in [1.807, 2.05) is 6.92 Å². The lowest BCUT2D eigenvalue weighted by molar-refractivity contribution is -0.117. The predicted molar refractivity (Wildman–Crippen MR) is 68.7 cm³/mol. The third-order valence-corrected chi connectivity index (χ3v) is 3.42. The van der Waals surface area contributed by atoms with Gasteiger partial charge in [0, 0.05) is 11.6 Å². The molecule has 1 N–H and O–H groups in total. The zero-order valence-corrected chi connectivity index (χ0v) is 11.0. The molecule has 2 unspecified atom stereocenters. The van der Waals surface area contributed by atoms with Gasteiger partial charge in [0.1, 0.15) is 0 Å². The Labute approximate surface area is 110 Å². The van der Waals surface area contributed by atoms with Crippen molar-refractivity contribution in [3.05, 3.63) is 28.8 Å². The lowest BCUT2D eigenvalue weighted by Gasteiger charge is -2.07. The second-order valence-electron chi connectivity index (χ2n) is 4.49. The number of methoxy groups -OCH3 is 1. The van der Waals surface area contributed by atoms with Crippen LogP contribution >= 0.6 is 11.6 Å². The number of anilines is 1. The van der Waals surface area contributed by atoms with Crippen molar-refractivity contribution in [1.29, 1.82) is 0 Å². The van der Waals surface area contributed by atoms with Crippen molar-refractivity contribution in [1.82, 2.24) is 0 Å². The van der Waals surface area contributed by atoms with E-state index >= 15 is 0 Å². The molecule has 96 valence electrons. The maximum Gasteiger partial charge on any atom is 0.339 e. The first-order chi connectivity index (χ1) is 8.52. The molecule has 0 spiro atoms. The van der Waals surface area contributed by atoms with Gasteiger partial charge in [-0.1, -0.05) is 18.5 Å². The minimum Gasteiger partial charge on any atom is -0.465 e. The summed E-state index contributed by atoms with van der Waals surface area (Å²) in [5.41, 5.74) is 0.810. The van der Waals surface area contributed by atoms with E-state index in [0.717, 1.165) is 6.42 Å². The fourth-order valence-electron chi connectivity index (χ4n) is 1.79. The molecule has 1 amide bonds. The minimum absolute atomic E-state index is 0.0133. The average molecular weight is 268 g/mol. The van der Waals surface area contributed by atoms with Crippen molar-refractivity contribution in [2.45, 2.75) is 13.3 Å². The Hall–Kier alpha value is -1.55. The molecule has 18 heavy (non-hydrogen) atoms. The minimum atomic E-state index is -0.518. The van der Waals surface area contributed by atoms with E-state index in [2.05, 4.69) is 10.1 Å². The smallest absolute Gasteiger partial charge is 0.339 e. The summed E-state index contributed by atoms with van der Waals surface area (Å²) in [6.07, 6.45) is 0.920. The van der Waals surface area contributed by atoms with Crippen LogP contribution in [0.1, 0.15) is 23.7 Å². The van der Waals surface area contributed by atoms with Gasteiger partial charge in [0.05, 0.1) is 17.7 Å². The molecular formula is C13H14ClNO3. The van der Waals surface area contributed by atoms with Crippen LogP contribution in [-0.2, 0) is 9.53 Å². The Morgan fingerprint density at radius 1 is 1.44 bits per heavy atom. The lowest BCUT2D eigenvalue weighted by atomic mass is 10.2. The molecule has 0 aromatic heterocycles. The number of amides is 1. The summed E-state index contributed by atoms with van der Waals surface area (Å²) in [5.74, 6) is -0.00356. The summed E-state index contributed by atoms with van der Waals surface area (Å²) < 4.78 is 4.62. The molecule has 0 radical (unpaired) electrons. The number of benzene rings is 1. The first kappa shape index (κ1) is 12.9. The van der Waals surface area contributed by atoms with Crippen molar-refractivity contribution in [3.8, 4) is 0 Å². The highest BCUT2D eigenvalue weighted by Crippen LogP contribution is 2.38. The van der Waals surface area contributed by atoms with Gasteiger partial charge in [-0.3, -0.25) is 4.79 Å². The number of ether oxygens (including phenoxy) is 1.